The van der Waals surface area contributed by atoms with Crippen LogP contribution in [0.15, 0.2) is 17.8 Å². The highest BCUT2D eigenvalue weighted by atomic mass is 32.1. The zero-order chi connectivity index (χ0) is 19.0. The van der Waals surface area contributed by atoms with Crippen molar-refractivity contribution in [3.05, 3.63) is 45.6 Å². The van der Waals surface area contributed by atoms with Gasteiger partial charge in [-0.15, -0.1) is 11.3 Å². The number of aromatic amines is 1. The summed E-state index contributed by atoms with van der Waals surface area (Å²) in [5.74, 6) is 1.75. The minimum absolute atomic E-state index is 0.0763. The largest absolute Gasteiger partial charge is 0.341 e. The van der Waals surface area contributed by atoms with Crippen LogP contribution in [0.4, 0.5) is 0 Å². The average molecular weight is 382 g/mol. The smallest absolute Gasteiger partial charge is 0.265 e. The summed E-state index contributed by atoms with van der Waals surface area (Å²) in [6, 6.07) is 2.00. The van der Waals surface area contributed by atoms with Crippen LogP contribution in [0.2, 0.25) is 0 Å². The third kappa shape index (κ3) is 3.62. The molecule has 0 saturated carbocycles. The quantitative estimate of drug-likeness (QED) is 0.751. The first-order chi connectivity index (χ1) is 13.0. The summed E-state index contributed by atoms with van der Waals surface area (Å²) in [6.45, 7) is 7.20. The lowest BCUT2D eigenvalue weighted by atomic mass is 9.93. The van der Waals surface area contributed by atoms with Crippen LogP contribution in [0, 0.1) is 20.8 Å². The van der Waals surface area contributed by atoms with Crippen molar-refractivity contribution in [2.45, 2.75) is 39.5 Å². The minimum atomic E-state index is 0.0763. The number of thiazole rings is 1. The van der Waals surface area contributed by atoms with Gasteiger partial charge in [0.25, 0.3) is 5.91 Å². The van der Waals surface area contributed by atoms with Crippen molar-refractivity contribution in [1.29, 1.82) is 0 Å². The summed E-state index contributed by atoms with van der Waals surface area (Å²) < 4.78 is 0. The van der Waals surface area contributed by atoms with Crippen LogP contribution in [0.25, 0.3) is 11.5 Å². The summed E-state index contributed by atoms with van der Waals surface area (Å²) in [5, 5.41) is 0. The van der Waals surface area contributed by atoms with Crippen molar-refractivity contribution in [2.24, 2.45) is 0 Å². The number of carbonyl (C=O) groups excluding carboxylic acids is 1. The molecule has 1 aliphatic heterocycles. The molecule has 1 aliphatic rings. The topological polar surface area (TPSA) is 87.7 Å². The number of likely N-dealkylation sites (tertiary alicyclic amines) is 1. The van der Waals surface area contributed by atoms with E-state index in [0.717, 1.165) is 58.7 Å². The first-order valence-electron chi connectivity index (χ1n) is 9.08. The zero-order valence-corrected chi connectivity index (χ0v) is 16.5. The van der Waals surface area contributed by atoms with Gasteiger partial charge < -0.3 is 9.88 Å². The molecule has 0 aliphatic carbocycles. The minimum Gasteiger partial charge on any atom is -0.341 e. The van der Waals surface area contributed by atoms with Gasteiger partial charge in [-0.3, -0.25) is 4.79 Å². The number of nitrogens with zero attached hydrogens (tertiary/aromatic N) is 5. The van der Waals surface area contributed by atoms with Gasteiger partial charge in [0.05, 0.1) is 11.2 Å². The number of hydrogen-bond acceptors (Lipinski definition) is 6. The second-order valence-electron chi connectivity index (χ2n) is 7.00. The van der Waals surface area contributed by atoms with Gasteiger partial charge in [-0.05, 0) is 39.7 Å². The Morgan fingerprint density at radius 2 is 2.11 bits per heavy atom. The summed E-state index contributed by atoms with van der Waals surface area (Å²) in [4.78, 5) is 36.5. The fraction of sp³-hybridized carbons (Fsp3) is 0.421. The van der Waals surface area contributed by atoms with E-state index in [-0.39, 0.29) is 11.8 Å². The Morgan fingerprint density at radius 3 is 2.81 bits per heavy atom. The number of nitrogens with one attached hydrogen (secondary N) is 1. The van der Waals surface area contributed by atoms with Crippen LogP contribution >= 0.6 is 11.3 Å². The normalized spacial score (nSPS) is 17.3. The first-order valence-corrected chi connectivity index (χ1v) is 9.96. The van der Waals surface area contributed by atoms with E-state index >= 15 is 0 Å². The molecular formula is C19H22N6OS. The Morgan fingerprint density at radius 1 is 1.26 bits per heavy atom. The molecule has 7 nitrogen and oxygen atoms in total. The second kappa shape index (κ2) is 7.19. The van der Waals surface area contributed by atoms with Crippen molar-refractivity contribution in [2.75, 3.05) is 13.1 Å². The first kappa shape index (κ1) is 17.8. The molecule has 4 rings (SSSR count). The van der Waals surface area contributed by atoms with Crippen LogP contribution < -0.4 is 0 Å². The molecule has 0 aromatic carbocycles. The lowest BCUT2D eigenvalue weighted by molar-refractivity contribution is 0.0710. The predicted octanol–water partition coefficient (Wildman–Crippen LogP) is 3.27. The molecule has 1 amide bonds. The van der Waals surface area contributed by atoms with E-state index in [4.69, 9.17) is 0 Å². The fourth-order valence-corrected chi connectivity index (χ4v) is 4.29. The lowest BCUT2D eigenvalue weighted by Crippen LogP contribution is -2.39. The number of imidazole rings is 1. The van der Waals surface area contributed by atoms with Gasteiger partial charge in [0, 0.05) is 36.6 Å². The van der Waals surface area contributed by atoms with Crippen LogP contribution in [0.5, 0.6) is 0 Å². The van der Waals surface area contributed by atoms with Gasteiger partial charge in [-0.2, -0.15) is 0 Å². The predicted molar refractivity (Wildman–Crippen MR) is 104 cm³/mol. The van der Waals surface area contributed by atoms with E-state index in [1.54, 1.807) is 11.7 Å². The molecular weight excluding hydrogens is 360 g/mol. The van der Waals surface area contributed by atoms with Crippen LogP contribution in [-0.4, -0.2) is 48.8 Å². The average Bonchev–Trinajstić information content (AvgIpc) is 3.29. The molecule has 140 valence electrons. The summed E-state index contributed by atoms with van der Waals surface area (Å²) in [7, 11) is 0. The van der Waals surface area contributed by atoms with E-state index in [9.17, 15) is 4.79 Å². The van der Waals surface area contributed by atoms with E-state index in [1.165, 1.54) is 11.3 Å². The van der Waals surface area contributed by atoms with Crippen molar-refractivity contribution in [3.8, 4) is 11.5 Å². The van der Waals surface area contributed by atoms with E-state index in [2.05, 4.69) is 24.9 Å². The van der Waals surface area contributed by atoms with Crippen LogP contribution in [-0.2, 0) is 0 Å². The van der Waals surface area contributed by atoms with Gasteiger partial charge in [0.2, 0.25) is 0 Å². The Kier molecular flexibility index (Phi) is 4.73. The number of hydrogen-bond donors (Lipinski definition) is 1. The van der Waals surface area contributed by atoms with Crippen molar-refractivity contribution in [1.82, 2.24) is 29.8 Å². The Hall–Kier alpha value is -2.61. The SMILES string of the molecule is Cc1nc(-c2ncc(C)[nH]2)cc([C@H]2CCCN(C(=O)c3scnc3C)C2)n1. The molecule has 0 bridgehead atoms. The lowest BCUT2D eigenvalue weighted by Gasteiger charge is -2.32. The van der Waals surface area contributed by atoms with Gasteiger partial charge >= 0.3 is 0 Å². The molecule has 1 fully saturated rings. The van der Waals surface area contributed by atoms with Gasteiger partial charge in [0.15, 0.2) is 5.82 Å². The number of aryl methyl sites for hydroxylation is 3. The Bertz CT molecular complexity index is 978. The number of amides is 1. The monoisotopic (exact) mass is 382 g/mol. The van der Waals surface area contributed by atoms with E-state index in [1.807, 2.05) is 31.7 Å². The highest BCUT2D eigenvalue weighted by molar-refractivity contribution is 7.11. The van der Waals surface area contributed by atoms with Gasteiger partial charge in [-0.25, -0.2) is 19.9 Å². The summed E-state index contributed by atoms with van der Waals surface area (Å²) >= 11 is 1.41. The van der Waals surface area contributed by atoms with Crippen molar-refractivity contribution >= 4 is 17.2 Å². The molecule has 27 heavy (non-hydrogen) atoms. The third-order valence-electron chi connectivity index (χ3n) is 4.87. The maximum atomic E-state index is 12.9. The van der Waals surface area contributed by atoms with Gasteiger partial charge in [-0.1, -0.05) is 0 Å². The Balaban J connectivity index is 1.59. The molecule has 8 heteroatoms. The number of piperidine rings is 1. The van der Waals surface area contributed by atoms with Crippen molar-refractivity contribution < 1.29 is 4.79 Å². The summed E-state index contributed by atoms with van der Waals surface area (Å²) in [5.41, 5.74) is 5.31. The molecule has 0 radical (unpaired) electrons. The molecule has 0 unspecified atom stereocenters. The molecule has 1 atom stereocenters. The van der Waals surface area contributed by atoms with E-state index < -0.39 is 0 Å². The highest BCUT2D eigenvalue weighted by Crippen LogP contribution is 2.29. The molecule has 3 aromatic heterocycles. The maximum Gasteiger partial charge on any atom is 0.265 e. The van der Waals surface area contributed by atoms with Crippen molar-refractivity contribution in [3.63, 3.8) is 0 Å². The van der Waals surface area contributed by atoms with E-state index in [0.29, 0.717) is 6.54 Å². The van der Waals surface area contributed by atoms with Crippen LogP contribution in [0.3, 0.4) is 0 Å². The number of carbonyl (C=O) groups is 1. The number of H-pyrrole nitrogens is 1. The Labute approximate surface area is 161 Å². The summed E-state index contributed by atoms with van der Waals surface area (Å²) in [6.07, 6.45) is 3.77. The fourth-order valence-electron chi connectivity index (χ4n) is 3.52. The molecule has 1 N–H and O–H groups in total. The highest BCUT2D eigenvalue weighted by Gasteiger charge is 2.28. The molecule has 1 saturated heterocycles. The van der Waals surface area contributed by atoms with Gasteiger partial charge in [0.1, 0.15) is 16.4 Å². The standard InChI is InChI=1S/C19H22N6OS/c1-11-8-20-18(22-11)16-7-15(23-13(3)24-16)14-5-4-6-25(9-14)19(26)17-12(2)21-10-27-17/h7-8,10,14H,4-6,9H2,1-3H3,(H,20,22)/t14-/m0/s1. The molecule has 3 aromatic rings. The maximum absolute atomic E-state index is 12.9. The second-order valence-corrected chi connectivity index (χ2v) is 7.85. The number of aromatic nitrogens is 5. The third-order valence-corrected chi connectivity index (χ3v) is 5.79. The number of rotatable bonds is 3. The molecule has 4 heterocycles. The zero-order valence-electron chi connectivity index (χ0n) is 15.7. The van der Waals surface area contributed by atoms with Crippen LogP contribution in [0.1, 0.15) is 51.3 Å². The molecule has 0 spiro atoms.